The molecule has 0 unspecified atom stereocenters. The summed E-state index contributed by atoms with van der Waals surface area (Å²) >= 11 is 0. The minimum atomic E-state index is -0.600. The Morgan fingerprint density at radius 2 is 2.21 bits per heavy atom. The summed E-state index contributed by atoms with van der Waals surface area (Å²) in [5, 5.41) is 3.08. The first-order valence-electron chi connectivity index (χ1n) is 9.32. The molecule has 6 nitrogen and oxygen atoms in total. The first-order chi connectivity index (χ1) is 11.6. The van der Waals surface area contributed by atoms with E-state index in [0.29, 0.717) is 5.92 Å². The summed E-state index contributed by atoms with van der Waals surface area (Å²) < 4.78 is 2.09. The van der Waals surface area contributed by atoms with E-state index in [1.807, 2.05) is 19.4 Å². The van der Waals surface area contributed by atoms with Crippen molar-refractivity contribution in [1.82, 2.24) is 19.8 Å². The summed E-state index contributed by atoms with van der Waals surface area (Å²) in [5.74, 6) is 1.83. The van der Waals surface area contributed by atoms with E-state index in [2.05, 4.69) is 19.8 Å². The van der Waals surface area contributed by atoms with Crippen LogP contribution in [0.5, 0.6) is 0 Å². The summed E-state index contributed by atoms with van der Waals surface area (Å²) in [6.45, 7) is 3.90. The van der Waals surface area contributed by atoms with Crippen molar-refractivity contribution < 1.29 is 4.79 Å². The lowest BCUT2D eigenvalue weighted by molar-refractivity contribution is -0.126. The fraction of sp³-hybridized carbons (Fsp3) is 0.778. The third-order valence-electron chi connectivity index (χ3n) is 5.68. The molecule has 1 atom stereocenters. The number of hydrogen-bond acceptors (Lipinski definition) is 4. The molecule has 1 aromatic heterocycles. The Labute approximate surface area is 144 Å². The van der Waals surface area contributed by atoms with Crippen LogP contribution in [0.2, 0.25) is 0 Å². The Morgan fingerprint density at radius 3 is 2.92 bits per heavy atom. The summed E-state index contributed by atoms with van der Waals surface area (Å²) in [5.41, 5.74) is 5.60. The molecule has 0 aromatic carbocycles. The van der Waals surface area contributed by atoms with Crippen molar-refractivity contribution in [3.05, 3.63) is 18.2 Å². The predicted molar refractivity (Wildman–Crippen MR) is 94.2 cm³/mol. The van der Waals surface area contributed by atoms with Gasteiger partial charge in [0.2, 0.25) is 5.91 Å². The van der Waals surface area contributed by atoms with E-state index >= 15 is 0 Å². The molecule has 6 heteroatoms. The number of aromatic nitrogens is 2. The maximum absolute atomic E-state index is 12.3. The van der Waals surface area contributed by atoms with E-state index in [9.17, 15) is 4.79 Å². The SMILES string of the molecule is Cn1ccnc1CN1CCC[C@@H](CCNC(=O)C2(N)CCCC2)C1. The molecule has 1 aliphatic heterocycles. The van der Waals surface area contributed by atoms with Gasteiger partial charge in [-0.25, -0.2) is 4.98 Å². The van der Waals surface area contributed by atoms with Crippen LogP contribution in [0.25, 0.3) is 0 Å². The highest BCUT2D eigenvalue weighted by molar-refractivity contribution is 5.86. The molecule has 2 aliphatic rings. The molecule has 3 rings (SSSR count). The molecule has 1 amide bonds. The van der Waals surface area contributed by atoms with Gasteiger partial charge in [0.25, 0.3) is 0 Å². The Hall–Kier alpha value is -1.40. The molecule has 0 spiro atoms. The van der Waals surface area contributed by atoms with E-state index in [0.717, 1.165) is 64.1 Å². The molecule has 0 radical (unpaired) electrons. The number of aryl methyl sites for hydroxylation is 1. The van der Waals surface area contributed by atoms with Gasteiger partial charge < -0.3 is 15.6 Å². The largest absolute Gasteiger partial charge is 0.354 e. The normalized spacial score (nSPS) is 24.2. The number of piperidine rings is 1. The van der Waals surface area contributed by atoms with Crippen molar-refractivity contribution in [2.45, 2.75) is 57.0 Å². The quantitative estimate of drug-likeness (QED) is 0.825. The number of carbonyl (C=O) groups is 1. The van der Waals surface area contributed by atoms with Gasteiger partial charge in [-0.2, -0.15) is 0 Å². The molecule has 24 heavy (non-hydrogen) atoms. The van der Waals surface area contributed by atoms with Crippen molar-refractivity contribution >= 4 is 5.91 Å². The van der Waals surface area contributed by atoms with Gasteiger partial charge in [-0.1, -0.05) is 12.8 Å². The van der Waals surface area contributed by atoms with Crippen LogP contribution in [0.15, 0.2) is 12.4 Å². The second kappa shape index (κ2) is 7.66. The standard InChI is InChI=1S/C18H31N5O/c1-22-12-10-20-16(22)14-23-11-4-5-15(13-23)6-9-21-17(24)18(19)7-2-3-8-18/h10,12,15H,2-9,11,13-14,19H2,1H3,(H,21,24)/t15-/m0/s1. The maximum Gasteiger partial charge on any atom is 0.240 e. The van der Waals surface area contributed by atoms with E-state index in [-0.39, 0.29) is 5.91 Å². The topological polar surface area (TPSA) is 76.2 Å². The van der Waals surface area contributed by atoms with Gasteiger partial charge in [-0.15, -0.1) is 0 Å². The number of rotatable bonds is 6. The molecule has 134 valence electrons. The number of carbonyl (C=O) groups excluding carboxylic acids is 1. The second-order valence-corrected chi connectivity index (χ2v) is 7.61. The average Bonchev–Trinajstić information content (AvgIpc) is 3.18. The zero-order valence-electron chi connectivity index (χ0n) is 14.8. The molecular formula is C18H31N5O. The monoisotopic (exact) mass is 333 g/mol. The number of nitrogens with two attached hydrogens (primary N) is 1. The van der Waals surface area contributed by atoms with Crippen LogP contribution in [0.4, 0.5) is 0 Å². The predicted octanol–water partition coefficient (Wildman–Crippen LogP) is 1.41. The van der Waals surface area contributed by atoms with Crippen molar-refractivity contribution in [3.63, 3.8) is 0 Å². The van der Waals surface area contributed by atoms with Gasteiger partial charge in [0.05, 0.1) is 12.1 Å². The van der Waals surface area contributed by atoms with Gasteiger partial charge in [0.15, 0.2) is 0 Å². The molecule has 1 saturated carbocycles. The Bertz CT molecular complexity index is 549. The van der Waals surface area contributed by atoms with E-state index in [1.54, 1.807) is 0 Å². The van der Waals surface area contributed by atoms with Crippen molar-refractivity contribution in [2.75, 3.05) is 19.6 Å². The summed E-state index contributed by atoms with van der Waals surface area (Å²) in [7, 11) is 2.05. The summed E-state index contributed by atoms with van der Waals surface area (Å²) in [6, 6.07) is 0. The Kier molecular flexibility index (Phi) is 5.56. The fourth-order valence-electron chi connectivity index (χ4n) is 4.08. The van der Waals surface area contributed by atoms with Crippen LogP contribution in [-0.4, -0.2) is 45.5 Å². The molecular weight excluding hydrogens is 302 g/mol. The van der Waals surface area contributed by atoms with Crippen LogP contribution in [-0.2, 0) is 18.4 Å². The van der Waals surface area contributed by atoms with E-state index < -0.39 is 5.54 Å². The van der Waals surface area contributed by atoms with Gasteiger partial charge in [0.1, 0.15) is 5.82 Å². The number of imidazole rings is 1. The minimum absolute atomic E-state index is 0.0562. The lowest BCUT2D eigenvalue weighted by atomic mass is 9.94. The smallest absolute Gasteiger partial charge is 0.240 e. The number of nitrogens with one attached hydrogen (secondary N) is 1. The minimum Gasteiger partial charge on any atom is -0.354 e. The lowest BCUT2D eigenvalue weighted by Crippen LogP contribution is -2.52. The van der Waals surface area contributed by atoms with Crippen LogP contribution < -0.4 is 11.1 Å². The van der Waals surface area contributed by atoms with Gasteiger partial charge in [-0.3, -0.25) is 9.69 Å². The number of likely N-dealkylation sites (tertiary alicyclic amines) is 1. The molecule has 2 fully saturated rings. The van der Waals surface area contributed by atoms with Crippen molar-refractivity contribution in [3.8, 4) is 0 Å². The first-order valence-corrected chi connectivity index (χ1v) is 9.32. The molecule has 1 saturated heterocycles. The zero-order valence-corrected chi connectivity index (χ0v) is 14.8. The first kappa shape index (κ1) is 17.4. The van der Waals surface area contributed by atoms with Crippen molar-refractivity contribution in [2.24, 2.45) is 18.7 Å². The molecule has 2 heterocycles. The lowest BCUT2D eigenvalue weighted by Gasteiger charge is -2.32. The molecule has 0 bridgehead atoms. The van der Waals surface area contributed by atoms with Gasteiger partial charge in [0, 0.05) is 32.5 Å². The van der Waals surface area contributed by atoms with Crippen LogP contribution in [0.1, 0.15) is 50.8 Å². The molecule has 1 aliphatic carbocycles. The zero-order chi connectivity index (χ0) is 17.0. The van der Waals surface area contributed by atoms with Crippen LogP contribution >= 0.6 is 0 Å². The Morgan fingerprint density at radius 1 is 1.42 bits per heavy atom. The molecule has 3 N–H and O–H groups in total. The number of nitrogens with zero attached hydrogens (tertiary/aromatic N) is 3. The summed E-state index contributed by atoms with van der Waals surface area (Å²) in [6.07, 6.45) is 11.2. The van der Waals surface area contributed by atoms with Crippen LogP contribution in [0, 0.1) is 5.92 Å². The third-order valence-corrected chi connectivity index (χ3v) is 5.68. The maximum atomic E-state index is 12.3. The average molecular weight is 333 g/mol. The van der Waals surface area contributed by atoms with Crippen molar-refractivity contribution in [1.29, 1.82) is 0 Å². The second-order valence-electron chi connectivity index (χ2n) is 7.61. The van der Waals surface area contributed by atoms with Crippen LogP contribution in [0.3, 0.4) is 0 Å². The number of hydrogen-bond donors (Lipinski definition) is 2. The fourth-order valence-corrected chi connectivity index (χ4v) is 4.08. The van der Waals surface area contributed by atoms with E-state index in [4.69, 9.17) is 5.73 Å². The Balaban J connectivity index is 1.41. The third kappa shape index (κ3) is 4.16. The van der Waals surface area contributed by atoms with Gasteiger partial charge >= 0.3 is 0 Å². The highest BCUT2D eigenvalue weighted by Gasteiger charge is 2.36. The summed E-state index contributed by atoms with van der Waals surface area (Å²) in [4.78, 5) is 19.2. The van der Waals surface area contributed by atoms with Gasteiger partial charge in [-0.05, 0) is 44.6 Å². The van der Waals surface area contributed by atoms with E-state index in [1.165, 1.54) is 12.8 Å². The number of amides is 1. The highest BCUT2D eigenvalue weighted by Crippen LogP contribution is 2.27. The highest BCUT2D eigenvalue weighted by atomic mass is 16.2. The molecule has 1 aromatic rings.